The van der Waals surface area contributed by atoms with Gasteiger partial charge in [0.25, 0.3) is 5.91 Å². The number of phenols is 2. The summed E-state index contributed by atoms with van der Waals surface area (Å²) >= 11 is 6.44. The number of carbonyl (C=O) groups is 1. The van der Waals surface area contributed by atoms with E-state index in [0.717, 1.165) is 10.5 Å². The molecule has 0 heterocycles. The Kier molecular flexibility index (Phi) is 6.65. The number of phenolic OH excluding ortho intramolecular Hbond substituents is 2. The maximum Gasteiger partial charge on any atom is 0.277 e. The standard InChI is InChI=1S/C16H14Br2N2O5/c1-24-15-5-10(17)2-3-14(15)25-8-16(23)20-19-7-9-4-11(18)13(22)6-12(9)21/h2-7,21-22H,8H2,1H3,(H,20,23)/b19-7+. The number of halogens is 2. The number of methoxy groups -OCH3 is 1. The molecule has 0 radical (unpaired) electrons. The molecule has 2 aromatic carbocycles. The van der Waals surface area contributed by atoms with E-state index in [4.69, 9.17) is 9.47 Å². The van der Waals surface area contributed by atoms with E-state index in [1.807, 2.05) is 0 Å². The molecule has 0 aromatic heterocycles. The van der Waals surface area contributed by atoms with Crippen LogP contribution in [0.25, 0.3) is 0 Å². The molecule has 0 spiro atoms. The van der Waals surface area contributed by atoms with Crippen molar-refractivity contribution in [2.24, 2.45) is 5.10 Å². The van der Waals surface area contributed by atoms with Crippen LogP contribution in [0, 0.1) is 0 Å². The van der Waals surface area contributed by atoms with Gasteiger partial charge in [0.05, 0.1) is 17.8 Å². The lowest BCUT2D eigenvalue weighted by molar-refractivity contribution is -0.123. The highest BCUT2D eigenvalue weighted by atomic mass is 79.9. The first kappa shape index (κ1) is 19.1. The fourth-order valence-corrected chi connectivity index (χ4v) is 2.48. The molecule has 0 aliphatic carbocycles. The van der Waals surface area contributed by atoms with Crippen molar-refractivity contribution in [1.29, 1.82) is 0 Å². The Hall–Kier alpha value is -2.26. The first-order valence-corrected chi connectivity index (χ1v) is 8.49. The summed E-state index contributed by atoms with van der Waals surface area (Å²) in [5, 5.41) is 22.8. The SMILES string of the molecule is COc1cc(Br)ccc1OCC(=O)N/N=C/c1cc(Br)c(O)cc1O. The van der Waals surface area contributed by atoms with Gasteiger partial charge >= 0.3 is 0 Å². The maximum absolute atomic E-state index is 11.8. The minimum absolute atomic E-state index is 0.101. The summed E-state index contributed by atoms with van der Waals surface area (Å²) in [6, 6.07) is 7.78. The van der Waals surface area contributed by atoms with Crippen LogP contribution < -0.4 is 14.9 Å². The van der Waals surface area contributed by atoms with Crippen LogP contribution in [0.2, 0.25) is 0 Å². The Morgan fingerprint density at radius 3 is 2.68 bits per heavy atom. The molecule has 9 heteroatoms. The number of hydrogen-bond acceptors (Lipinski definition) is 6. The van der Waals surface area contributed by atoms with Crippen LogP contribution in [0.5, 0.6) is 23.0 Å². The highest BCUT2D eigenvalue weighted by Crippen LogP contribution is 2.31. The zero-order valence-electron chi connectivity index (χ0n) is 13.0. The number of ether oxygens (including phenoxy) is 2. The molecule has 0 saturated heterocycles. The lowest BCUT2D eigenvalue weighted by Crippen LogP contribution is -2.24. The van der Waals surface area contributed by atoms with Crippen LogP contribution in [0.15, 0.2) is 44.4 Å². The number of nitrogens with one attached hydrogen (secondary N) is 1. The second kappa shape index (κ2) is 8.72. The number of rotatable bonds is 6. The number of aromatic hydroxyl groups is 2. The van der Waals surface area contributed by atoms with Crippen molar-refractivity contribution in [3.05, 3.63) is 44.8 Å². The molecule has 2 aromatic rings. The minimum atomic E-state index is -0.487. The molecule has 0 atom stereocenters. The highest BCUT2D eigenvalue weighted by Gasteiger charge is 2.08. The summed E-state index contributed by atoms with van der Waals surface area (Å²) in [7, 11) is 1.50. The van der Waals surface area contributed by atoms with E-state index in [1.165, 1.54) is 19.4 Å². The van der Waals surface area contributed by atoms with E-state index in [2.05, 4.69) is 42.4 Å². The third-order valence-corrected chi connectivity index (χ3v) is 4.10. The quantitative estimate of drug-likeness (QED) is 0.442. The molecule has 2 rings (SSSR count). The molecule has 0 unspecified atom stereocenters. The van der Waals surface area contributed by atoms with Gasteiger partial charge in [0, 0.05) is 16.1 Å². The lowest BCUT2D eigenvalue weighted by atomic mass is 10.2. The molecule has 7 nitrogen and oxygen atoms in total. The molecule has 0 aliphatic rings. The molecule has 132 valence electrons. The Morgan fingerprint density at radius 2 is 1.96 bits per heavy atom. The minimum Gasteiger partial charge on any atom is -0.507 e. The normalized spacial score (nSPS) is 10.7. The third kappa shape index (κ3) is 5.36. The summed E-state index contributed by atoms with van der Waals surface area (Å²) in [6.07, 6.45) is 1.25. The van der Waals surface area contributed by atoms with Gasteiger partial charge in [0.15, 0.2) is 18.1 Å². The zero-order valence-corrected chi connectivity index (χ0v) is 16.2. The number of benzene rings is 2. The molecule has 0 aliphatic heterocycles. The monoisotopic (exact) mass is 472 g/mol. The van der Waals surface area contributed by atoms with E-state index < -0.39 is 5.91 Å². The van der Waals surface area contributed by atoms with E-state index in [-0.39, 0.29) is 18.1 Å². The molecule has 25 heavy (non-hydrogen) atoms. The molecule has 1 amide bonds. The Morgan fingerprint density at radius 1 is 1.20 bits per heavy atom. The van der Waals surface area contributed by atoms with Crippen molar-refractivity contribution in [3.8, 4) is 23.0 Å². The summed E-state index contributed by atoms with van der Waals surface area (Å²) in [5.41, 5.74) is 2.60. The number of hydrazone groups is 1. The zero-order chi connectivity index (χ0) is 18.4. The topological polar surface area (TPSA) is 100 Å². The summed E-state index contributed by atoms with van der Waals surface area (Å²) in [6.45, 7) is -0.263. The molecule has 0 saturated carbocycles. The van der Waals surface area contributed by atoms with Crippen molar-refractivity contribution in [2.75, 3.05) is 13.7 Å². The number of carbonyl (C=O) groups excluding carboxylic acids is 1. The van der Waals surface area contributed by atoms with Gasteiger partial charge in [-0.2, -0.15) is 5.10 Å². The first-order valence-electron chi connectivity index (χ1n) is 6.90. The van der Waals surface area contributed by atoms with Crippen LogP contribution in [0.4, 0.5) is 0 Å². The summed E-state index contributed by atoms with van der Waals surface area (Å²) in [5.74, 6) is 0.151. The van der Waals surface area contributed by atoms with Gasteiger partial charge in [-0.05, 0) is 40.2 Å². The fraction of sp³-hybridized carbons (Fsp3) is 0.125. The van der Waals surface area contributed by atoms with Gasteiger partial charge in [0.2, 0.25) is 0 Å². The van der Waals surface area contributed by atoms with Crippen LogP contribution in [0.3, 0.4) is 0 Å². The van der Waals surface area contributed by atoms with E-state index in [9.17, 15) is 15.0 Å². The average molecular weight is 474 g/mol. The van der Waals surface area contributed by atoms with E-state index >= 15 is 0 Å². The van der Waals surface area contributed by atoms with Gasteiger partial charge in [-0.1, -0.05) is 15.9 Å². The number of nitrogens with zero attached hydrogens (tertiary/aromatic N) is 1. The van der Waals surface area contributed by atoms with E-state index in [1.54, 1.807) is 18.2 Å². The van der Waals surface area contributed by atoms with Crippen LogP contribution >= 0.6 is 31.9 Å². The molecule has 3 N–H and O–H groups in total. The van der Waals surface area contributed by atoms with Crippen LogP contribution in [0.1, 0.15) is 5.56 Å². The summed E-state index contributed by atoms with van der Waals surface area (Å²) < 4.78 is 11.8. The number of amides is 1. The third-order valence-electron chi connectivity index (χ3n) is 2.97. The fourth-order valence-electron chi connectivity index (χ4n) is 1.78. The highest BCUT2D eigenvalue weighted by molar-refractivity contribution is 9.10. The van der Waals surface area contributed by atoms with E-state index in [0.29, 0.717) is 21.5 Å². The molecule has 0 fully saturated rings. The Bertz CT molecular complexity index is 811. The van der Waals surface area contributed by atoms with Gasteiger partial charge in [0.1, 0.15) is 11.5 Å². The Labute approximate surface area is 160 Å². The van der Waals surface area contributed by atoms with Crippen molar-refractivity contribution < 1.29 is 24.5 Å². The largest absolute Gasteiger partial charge is 0.507 e. The second-order valence-electron chi connectivity index (χ2n) is 4.74. The number of hydrogen-bond donors (Lipinski definition) is 3. The van der Waals surface area contributed by atoms with Crippen molar-refractivity contribution >= 4 is 44.0 Å². The van der Waals surface area contributed by atoms with Crippen LogP contribution in [-0.2, 0) is 4.79 Å². The van der Waals surface area contributed by atoms with Gasteiger partial charge in [-0.25, -0.2) is 5.43 Å². The second-order valence-corrected chi connectivity index (χ2v) is 6.51. The first-order chi connectivity index (χ1) is 11.9. The van der Waals surface area contributed by atoms with Crippen molar-refractivity contribution in [3.63, 3.8) is 0 Å². The van der Waals surface area contributed by atoms with Crippen LogP contribution in [-0.4, -0.2) is 36.1 Å². The predicted octanol–water partition coefficient (Wildman–Crippen LogP) is 3.16. The maximum atomic E-state index is 11.8. The molecular weight excluding hydrogens is 460 g/mol. The smallest absolute Gasteiger partial charge is 0.277 e. The Balaban J connectivity index is 1.92. The van der Waals surface area contributed by atoms with Gasteiger partial charge in [-0.15, -0.1) is 0 Å². The van der Waals surface area contributed by atoms with Gasteiger partial charge < -0.3 is 19.7 Å². The predicted molar refractivity (Wildman–Crippen MR) is 99.4 cm³/mol. The van der Waals surface area contributed by atoms with Gasteiger partial charge in [-0.3, -0.25) is 4.79 Å². The van der Waals surface area contributed by atoms with Crippen molar-refractivity contribution in [2.45, 2.75) is 0 Å². The molecule has 0 bridgehead atoms. The van der Waals surface area contributed by atoms with Crippen molar-refractivity contribution in [1.82, 2.24) is 5.43 Å². The lowest BCUT2D eigenvalue weighted by Gasteiger charge is -2.10. The summed E-state index contributed by atoms with van der Waals surface area (Å²) in [4.78, 5) is 11.8. The average Bonchev–Trinajstić information content (AvgIpc) is 2.58. The molecular formula is C16H14Br2N2O5.